The molecule has 1 heterocycles. The van der Waals surface area contributed by atoms with Gasteiger partial charge < -0.3 is 20.5 Å². The molecule has 37 heavy (non-hydrogen) atoms. The van der Waals surface area contributed by atoms with E-state index in [1.54, 1.807) is 45.0 Å². The van der Waals surface area contributed by atoms with E-state index in [2.05, 4.69) is 15.6 Å². The number of nitrogens with zero attached hydrogens (tertiary/aromatic N) is 2. The predicted molar refractivity (Wildman–Crippen MR) is 138 cm³/mol. The van der Waals surface area contributed by atoms with E-state index in [4.69, 9.17) is 9.72 Å². The van der Waals surface area contributed by atoms with Crippen molar-refractivity contribution in [3.63, 3.8) is 0 Å². The molecule has 0 atom stereocenters. The number of nitrogens with one attached hydrogen (secondary N) is 2. The van der Waals surface area contributed by atoms with E-state index >= 15 is 0 Å². The number of amides is 2. The molecule has 9 nitrogen and oxygen atoms in total. The zero-order valence-corrected chi connectivity index (χ0v) is 21.1. The van der Waals surface area contributed by atoms with Gasteiger partial charge in [-0.05, 0) is 63.3 Å². The minimum Gasteiger partial charge on any atom is -0.481 e. The van der Waals surface area contributed by atoms with Crippen molar-refractivity contribution in [2.24, 2.45) is 0 Å². The van der Waals surface area contributed by atoms with Gasteiger partial charge in [-0.3, -0.25) is 9.59 Å². The number of benzene rings is 2. The number of anilines is 1. The van der Waals surface area contributed by atoms with Crippen LogP contribution in [0.5, 0.6) is 0 Å². The van der Waals surface area contributed by atoms with Crippen LogP contribution in [0.2, 0.25) is 0 Å². The summed E-state index contributed by atoms with van der Waals surface area (Å²) in [6, 6.07) is 14.3. The van der Waals surface area contributed by atoms with Gasteiger partial charge in [-0.25, -0.2) is 14.8 Å². The van der Waals surface area contributed by atoms with E-state index in [0.717, 1.165) is 35.2 Å². The van der Waals surface area contributed by atoms with Gasteiger partial charge in [0.1, 0.15) is 11.3 Å². The average Bonchev–Trinajstić information content (AvgIpc) is 3.31. The standard InChI is InChI=1S/C28H30N4O5/c1-28(2,3)37-27(36)29-16-17-8-6-10-19(14-17)25-30-22-13-7-11-20(22)24(32-25)26(35)31-21-12-5-4-9-18(21)15-23(33)34/h4-6,8-10,12,14H,7,11,13,15-16H2,1-3H3,(H,29,36)(H,31,35)(H,33,34). The zero-order valence-electron chi connectivity index (χ0n) is 21.1. The second kappa shape index (κ2) is 10.8. The minimum atomic E-state index is -0.979. The van der Waals surface area contributed by atoms with E-state index in [-0.39, 0.29) is 13.0 Å². The van der Waals surface area contributed by atoms with E-state index in [9.17, 15) is 19.5 Å². The van der Waals surface area contributed by atoms with Crippen molar-refractivity contribution in [2.45, 2.75) is 58.6 Å². The van der Waals surface area contributed by atoms with Crippen LogP contribution in [0.3, 0.4) is 0 Å². The Labute approximate surface area is 215 Å². The van der Waals surface area contributed by atoms with Gasteiger partial charge in [-0.2, -0.15) is 0 Å². The predicted octanol–water partition coefficient (Wildman–Crippen LogP) is 4.54. The summed E-state index contributed by atoms with van der Waals surface area (Å²) < 4.78 is 5.29. The Morgan fingerprint density at radius 2 is 1.81 bits per heavy atom. The van der Waals surface area contributed by atoms with Crippen molar-refractivity contribution < 1.29 is 24.2 Å². The number of rotatable bonds is 7. The maximum absolute atomic E-state index is 13.3. The number of ether oxygens (including phenoxy) is 1. The molecule has 9 heteroatoms. The van der Waals surface area contributed by atoms with E-state index < -0.39 is 23.6 Å². The van der Waals surface area contributed by atoms with E-state index in [1.807, 2.05) is 24.3 Å². The maximum atomic E-state index is 13.3. The lowest BCUT2D eigenvalue weighted by atomic mass is 10.1. The molecule has 0 radical (unpaired) electrons. The molecule has 0 unspecified atom stereocenters. The molecule has 0 spiro atoms. The van der Waals surface area contributed by atoms with Crippen LogP contribution in [0.1, 0.15) is 60.1 Å². The lowest BCUT2D eigenvalue weighted by Crippen LogP contribution is -2.32. The van der Waals surface area contributed by atoms with Gasteiger partial charge in [0.2, 0.25) is 0 Å². The Morgan fingerprint density at radius 1 is 1.03 bits per heavy atom. The quantitative estimate of drug-likeness (QED) is 0.432. The first kappa shape index (κ1) is 25.8. The summed E-state index contributed by atoms with van der Waals surface area (Å²) in [5.74, 6) is -0.959. The summed E-state index contributed by atoms with van der Waals surface area (Å²) >= 11 is 0. The third kappa shape index (κ3) is 6.69. The molecule has 1 aliphatic rings. The zero-order chi connectivity index (χ0) is 26.6. The number of fused-ring (bicyclic) bond motifs is 1. The highest BCUT2D eigenvalue weighted by Gasteiger charge is 2.25. The molecule has 0 fully saturated rings. The fourth-order valence-electron chi connectivity index (χ4n) is 4.20. The third-order valence-electron chi connectivity index (χ3n) is 5.78. The molecular weight excluding hydrogens is 472 g/mol. The van der Waals surface area contributed by atoms with Crippen LogP contribution in [-0.4, -0.2) is 38.6 Å². The summed E-state index contributed by atoms with van der Waals surface area (Å²) in [5.41, 5.74) is 3.87. The molecule has 0 bridgehead atoms. The summed E-state index contributed by atoms with van der Waals surface area (Å²) in [6.45, 7) is 5.67. The SMILES string of the molecule is CC(C)(C)OC(=O)NCc1cccc(-c2nc3c(c(C(=O)Nc4ccccc4CC(=O)O)n2)CCC3)c1. The fourth-order valence-corrected chi connectivity index (χ4v) is 4.20. The smallest absolute Gasteiger partial charge is 0.407 e. The van der Waals surface area contributed by atoms with Crippen LogP contribution in [-0.2, 0) is 35.3 Å². The van der Waals surface area contributed by atoms with Crippen molar-refractivity contribution >= 4 is 23.7 Å². The topological polar surface area (TPSA) is 131 Å². The monoisotopic (exact) mass is 502 g/mol. The van der Waals surface area contributed by atoms with Gasteiger partial charge in [0.05, 0.1) is 6.42 Å². The number of aliphatic carboxylic acids is 1. The average molecular weight is 503 g/mol. The van der Waals surface area contributed by atoms with E-state index in [1.165, 1.54) is 0 Å². The Kier molecular flexibility index (Phi) is 7.52. The lowest BCUT2D eigenvalue weighted by molar-refractivity contribution is -0.136. The number of carbonyl (C=O) groups excluding carboxylic acids is 2. The number of hydrogen-bond acceptors (Lipinski definition) is 6. The molecule has 3 aromatic rings. The van der Waals surface area contributed by atoms with Crippen LogP contribution in [0.25, 0.3) is 11.4 Å². The van der Waals surface area contributed by atoms with Crippen LogP contribution >= 0.6 is 0 Å². The molecule has 192 valence electrons. The summed E-state index contributed by atoms with van der Waals surface area (Å²) in [7, 11) is 0. The highest BCUT2D eigenvalue weighted by atomic mass is 16.6. The highest BCUT2D eigenvalue weighted by Crippen LogP contribution is 2.28. The van der Waals surface area contributed by atoms with Gasteiger partial charge in [0.25, 0.3) is 5.91 Å². The normalized spacial score (nSPS) is 12.5. The first-order valence-corrected chi connectivity index (χ1v) is 12.2. The Morgan fingerprint density at radius 3 is 2.57 bits per heavy atom. The van der Waals surface area contributed by atoms with Crippen LogP contribution < -0.4 is 10.6 Å². The first-order chi connectivity index (χ1) is 17.6. The largest absolute Gasteiger partial charge is 0.481 e. The molecule has 1 aliphatic carbocycles. The van der Waals surface area contributed by atoms with Gasteiger partial charge in [0, 0.05) is 29.1 Å². The lowest BCUT2D eigenvalue weighted by Gasteiger charge is -2.19. The fraction of sp³-hybridized carbons (Fsp3) is 0.321. The Balaban J connectivity index is 1.59. The second-order valence-electron chi connectivity index (χ2n) is 9.91. The van der Waals surface area contributed by atoms with Gasteiger partial charge >= 0.3 is 12.1 Å². The number of aromatic nitrogens is 2. The molecule has 2 amide bonds. The molecule has 0 saturated heterocycles. The number of aryl methyl sites for hydroxylation is 1. The van der Waals surface area contributed by atoms with Gasteiger partial charge in [-0.1, -0.05) is 36.4 Å². The third-order valence-corrected chi connectivity index (χ3v) is 5.78. The molecule has 4 rings (SSSR count). The van der Waals surface area contributed by atoms with Gasteiger partial charge in [0.15, 0.2) is 5.82 Å². The number of carboxylic acids is 1. The minimum absolute atomic E-state index is 0.201. The number of carbonyl (C=O) groups is 3. The van der Waals surface area contributed by atoms with E-state index in [0.29, 0.717) is 29.2 Å². The van der Waals surface area contributed by atoms with Crippen molar-refractivity contribution in [1.82, 2.24) is 15.3 Å². The highest BCUT2D eigenvalue weighted by molar-refractivity contribution is 6.05. The van der Waals surface area contributed by atoms with Crippen LogP contribution in [0, 0.1) is 0 Å². The molecule has 0 saturated carbocycles. The van der Waals surface area contributed by atoms with Crippen LogP contribution in [0.4, 0.5) is 10.5 Å². The molecular formula is C28H30N4O5. The number of alkyl carbamates (subject to hydrolysis) is 1. The number of carboxylic acid groups (broad SMARTS) is 1. The van der Waals surface area contributed by atoms with Crippen molar-refractivity contribution in [2.75, 3.05) is 5.32 Å². The van der Waals surface area contributed by atoms with Crippen molar-refractivity contribution in [1.29, 1.82) is 0 Å². The molecule has 0 aliphatic heterocycles. The number of para-hydroxylation sites is 1. The Bertz CT molecular complexity index is 1350. The van der Waals surface area contributed by atoms with Crippen molar-refractivity contribution in [3.8, 4) is 11.4 Å². The Hall–Kier alpha value is -4.27. The van der Waals surface area contributed by atoms with Crippen LogP contribution in [0.15, 0.2) is 48.5 Å². The summed E-state index contributed by atoms with van der Waals surface area (Å²) in [6.07, 6.45) is 1.63. The molecule has 1 aromatic heterocycles. The van der Waals surface area contributed by atoms with Crippen molar-refractivity contribution in [3.05, 3.63) is 76.6 Å². The maximum Gasteiger partial charge on any atom is 0.407 e. The molecule has 3 N–H and O–H groups in total. The molecule has 2 aromatic carbocycles. The summed E-state index contributed by atoms with van der Waals surface area (Å²) in [4.78, 5) is 46.0. The number of hydrogen-bond donors (Lipinski definition) is 3. The second-order valence-corrected chi connectivity index (χ2v) is 9.91. The summed E-state index contributed by atoms with van der Waals surface area (Å²) in [5, 5.41) is 14.8. The van der Waals surface area contributed by atoms with Gasteiger partial charge in [-0.15, -0.1) is 0 Å². The first-order valence-electron chi connectivity index (χ1n) is 12.2.